The van der Waals surface area contributed by atoms with Gasteiger partial charge in [-0.3, -0.25) is 14.2 Å². The SMILES string of the molecule is CCCNC(=O)[C@@H](CC)n1c(=O)n(-c2ccc(OC)cc2)c(=O)c2ccccc21. The summed E-state index contributed by atoms with van der Waals surface area (Å²) in [4.78, 5) is 39.4. The largest absolute Gasteiger partial charge is 0.497 e. The third-order valence-electron chi connectivity index (χ3n) is 4.88. The van der Waals surface area contributed by atoms with Crippen molar-refractivity contribution in [2.45, 2.75) is 32.7 Å². The molecular formula is C22H25N3O4. The van der Waals surface area contributed by atoms with Crippen molar-refractivity contribution < 1.29 is 9.53 Å². The summed E-state index contributed by atoms with van der Waals surface area (Å²) in [7, 11) is 1.55. The lowest BCUT2D eigenvalue weighted by molar-refractivity contribution is -0.124. The molecule has 1 amide bonds. The smallest absolute Gasteiger partial charge is 0.336 e. The van der Waals surface area contributed by atoms with Crippen molar-refractivity contribution in [3.8, 4) is 11.4 Å². The minimum atomic E-state index is -0.718. The number of para-hydroxylation sites is 1. The Bertz CT molecular complexity index is 1130. The molecule has 1 heterocycles. The Balaban J connectivity index is 2.30. The number of amides is 1. The number of carbonyl (C=O) groups is 1. The average Bonchev–Trinajstić information content (AvgIpc) is 2.75. The Morgan fingerprint density at radius 1 is 1.07 bits per heavy atom. The fourth-order valence-electron chi connectivity index (χ4n) is 3.39. The van der Waals surface area contributed by atoms with Crippen LogP contribution in [-0.4, -0.2) is 28.7 Å². The Labute approximate surface area is 168 Å². The highest BCUT2D eigenvalue weighted by molar-refractivity contribution is 5.84. The predicted octanol–water partition coefficient (Wildman–Crippen LogP) is 2.64. The highest BCUT2D eigenvalue weighted by Crippen LogP contribution is 2.18. The Hall–Kier alpha value is -3.35. The van der Waals surface area contributed by atoms with Crippen molar-refractivity contribution in [1.29, 1.82) is 0 Å². The number of methoxy groups -OCH3 is 1. The van der Waals surface area contributed by atoms with Gasteiger partial charge in [0.2, 0.25) is 5.91 Å². The molecule has 0 aliphatic carbocycles. The van der Waals surface area contributed by atoms with Gasteiger partial charge in [-0.05, 0) is 49.2 Å². The van der Waals surface area contributed by atoms with Crippen LogP contribution in [0.1, 0.15) is 32.7 Å². The lowest BCUT2D eigenvalue weighted by Crippen LogP contribution is -2.44. The molecule has 0 fully saturated rings. The van der Waals surface area contributed by atoms with E-state index >= 15 is 0 Å². The zero-order valence-corrected chi connectivity index (χ0v) is 16.8. The molecule has 1 atom stereocenters. The second-order valence-corrected chi connectivity index (χ2v) is 6.72. The predicted molar refractivity (Wildman–Crippen MR) is 113 cm³/mol. The van der Waals surface area contributed by atoms with Gasteiger partial charge >= 0.3 is 5.69 Å². The molecule has 7 nitrogen and oxygen atoms in total. The van der Waals surface area contributed by atoms with Crippen LogP contribution < -0.4 is 21.3 Å². The zero-order chi connectivity index (χ0) is 21.0. The summed E-state index contributed by atoms with van der Waals surface area (Å²) in [6.07, 6.45) is 1.21. The van der Waals surface area contributed by atoms with E-state index in [9.17, 15) is 14.4 Å². The molecule has 1 N–H and O–H groups in total. The summed E-state index contributed by atoms with van der Waals surface area (Å²) in [5, 5.41) is 3.24. The number of rotatable bonds is 7. The van der Waals surface area contributed by atoms with E-state index < -0.39 is 17.3 Å². The molecule has 0 aliphatic rings. The summed E-state index contributed by atoms with van der Waals surface area (Å²) in [5.74, 6) is 0.384. The van der Waals surface area contributed by atoms with Gasteiger partial charge in [-0.15, -0.1) is 0 Å². The van der Waals surface area contributed by atoms with Crippen LogP contribution in [0.15, 0.2) is 58.1 Å². The van der Waals surface area contributed by atoms with Crippen molar-refractivity contribution in [3.63, 3.8) is 0 Å². The van der Waals surface area contributed by atoms with E-state index in [1.165, 1.54) is 4.57 Å². The molecule has 1 aromatic heterocycles. The first-order chi connectivity index (χ1) is 14.0. The second-order valence-electron chi connectivity index (χ2n) is 6.72. The molecule has 0 saturated carbocycles. The number of carbonyl (C=O) groups excluding carboxylic acids is 1. The molecule has 2 aromatic carbocycles. The van der Waals surface area contributed by atoms with E-state index in [-0.39, 0.29) is 5.91 Å². The Kier molecular flexibility index (Phi) is 6.16. The summed E-state index contributed by atoms with van der Waals surface area (Å²) >= 11 is 0. The molecule has 3 aromatic rings. The molecule has 0 spiro atoms. The van der Waals surface area contributed by atoms with Crippen molar-refractivity contribution in [3.05, 3.63) is 69.4 Å². The van der Waals surface area contributed by atoms with Gasteiger partial charge in [-0.2, -0.15) is 0 Å². The van der Waals surface area contributed by atoms with Crippen LogP contribution in [0.25, 0.3) is 16.6 Å². The van der Waals surface area contributed by atoms with Gasteiger partial charge < -0.3 is 10.1 Å². The minimum Gasteiger partial charge on any atom is -0.497 e. The number of hydrogen-bond donors (Lipinski definition) is 1. The van der Waals surface area contributed by atoms with Crippen molar-refractivity contribution >= 4 is 16.8 Å². The quantitative estimate of drug-likeness (QED) is 0.667. The number of nitrogens with zero attached hydrogens (tertiary/aromatic N) is 2. The van der Waals surface area contributed by atoms with Crippen LogP contribution in [0.2, 0.25) is 0 Å². The van der Waals surface area contributed by atoms with Gasteiger partial charge in [0.15, 0.2) is 0 Å². The number of benzene rings is 2. The van der Waals surface area contributed by atoms with Gasteiger partial charge in [0.25, 0.3) is 5.56 Å². The maximum absolute atomic E-state index is 13.5. The van der Waals surface area contributed by atoms with Gasteiger partial charge in [0.05, 0.1) is 23.7 Å². The van der Waals surface area contributed by atoms with E-state index in [0.29, 0.717) is 35.3 Å². The maximum Gasteiger partial charge on any atom is 0.336 e. The molecule has 0 radical (unpaired) electrons. The third-order valence-corrected chi connectivity index (χ3v) is 4.88. The normalized spacial score (nSPS) is 12.0. The van der Waals surface area contributed by atoms with Gasteiger partial charge in [-0.1, -0.05) is 26.0 Å². The highest BCUT2D eigenvalue weighted by atomic mass is 16.5. The zero-order valence-electron chi connectivity index (χ0n) is 16.8. The summed E-state index contributed by atoms with van der Waals surface area (Å²) in [6, 6.07) is 12.8. The number of hydrogen-bond acceptors (Lipinski definition) is 4. The first-order valence-corrected chi connectivity index (χ1v) is 9.71. The van der Waals surface area contributed by atoms with Crippen molar-refractivity contribution in [2.24, 2.45) is 0 Å². The van der Waals surface area contributed by atoms with Crippen molar-refractivity contribution in [2.75, 3.05) is 13.7 Å². The Morgan fingerprint density at radius 2 is 1.76 bits per heavy atom. The van der Waals surface area contributed by atoms with Crippen LogP contribution in [0.5, 0.6) is 5.75 Å². The van der Waals surface area contributed by atoms with E-state index in [1.807, 2.05) is 13.8 Å². The standard InChI is InChI=1S/C22H25N3O4/c1-4-14-23-20(26)18(5-2)25-19-9-7-6-8-17(19)21(27)24(22(25)28)15-10-12-16(29-3)13-11-15/h6-13,18H,4-5,14H2,1-3H3,(H,23,26)/t18-/m1/s1. The van der Waals surface area contributed by atoms with Crippen LogP contribution in [0, 0.1) is 0 Å². The lowest BCUT2D eigenvalue weighted by Gasteiger charge is -2.21. The van der Waals surface area contributed by atoms with Crippen LogP contribution in [0.3, 0.4) is 0 Å². The first-order valence-electron chi connectivity index (χ1n) is 9.71. The molecule has 29 heavy (non-hydrogen) atoms. The molecular weight excluding hydrogens is 370 g/mol. The Morgan fingerprint density at radius 3 is 2.38 bits per heavy atom. The van der Waals surface area contributed by atoms with Crippen LogP contribution >= 0.6 is 0 Å². The fraction of sp³-hybridized carbons (Fsp3) is 0.318. The molecule has 0 bridgehead atoms. The average molecular weight is 395 g/mol. The fourth-order valence-corrected chi connectivity index (χ4v) is 3.39. The summed E-state index contributed by atoms with van der Waals surface area (Å²) in [5.41, 5.74) is -0.0944. The number of nitrogens with one attached hydrogen (secondary N) is 1. The van der Waals surface area contributed by atoms with Crippen LogP contribution in [-0.2, 0) is 4.79 Å². The minimum absolute atomic E-state index is 0.235. The van der Waals surface area contributed by atoms with E-state index in [1.54, 1.807) is 55.6 Å². The van der Waals surface area contributed by atoms with Gasteiger partial charge in [0.1, 0.15) is 11.8 Å². The van der Waals surface area contributed by atoms with E-state index in [4.69, 9.17) is 4.74 Å². The number of aromatic nitrogens is 2. The number of ether oxygens (including phenoxy) is 1. The monoisotopic (exact) mass is 395 g/mol. The number of fused-ring (bicyclic) bond motifs is 1. The molecule has 0 saturated heterocycles. The highest BCUT2D eigenvalue weighted by Gasteiger charge is 2.24. The molecule has 0 unspecified atom stereocenters. The maximum atomic E-state index is 13.5. The van der Waals surface area contributed by atoms with Crippen molar-refractivity contribution in [1.82, 2.24) is 14.5 Å². The molecule has 7 heteroatoms. The first kappa shape index (κ1) is 20.4. The van der Waals surface area contributed by atoms with Gasteiger partial charge in [0, 0.05) is 6.54 Å². The topological polar surface area (TPSA) is 82.3 Å². The van der Waals surface area contributed by atoms with Crippen LogP contribution in [0.4, 0.5) is 0 Å². The molecule has 152 valence electrons. The second kappa shape index (κ2) is 8.77. The lowest BCUT2D eigenvalue weighted by atomic mass is 10.1. The molecule has 3 rings (SSSR count). The van der Waals surface area contributed by atoms with Gasteiger partial charge in [-0.25, -0.2) is 9.36 Å². The molecule has 0 aliphatic heterocycles. The third kappa shape index (κ3) is 3.81. The summed E-state index contributed by atoms with van der Waals surface area (Å²) < 4.78 is 7.69. The summed E-state index contributed by atoms with van der Waals surface area (Å²) in [6.45, 7) is 4.34. The van der Waals surface area contributed by atoms with E-state index in [0.717, 1.165) is 11.0 Å². The van der Waals surface area contributed by atoms with E-state index in [2.05, 4.69) is 5.32 Å².